The molecule has 0 aromatic heterocycles. The van der Waals surface area contributed by atoms with E-state index in [0.29, 0.717) is 0 Å². The first kappa shape index (κ1) is 13.7. The molecule has 1 fully saturated rings. The van der Waals surface area contributed by atoms with Gasteiger partial charge in [0.15, 0.2) is 0 Å². The van der Waals surface area contributed by atoms with Crippen LogP contribution in [0.3, 0.4) is 0 Å². The average molecular weight is 283 g/mol. The van der Waals surface area contributed by atoms with Gasteiger partial charge in [-0.1, -0.05) is 18.2 Å². The van der Waals surface area contributed by atoms with Crippen LogP contribution in [0.5, 0.6) is 0 Å². The predicted molar refractivity (Wildman–Crippen MR) is 65.8 cm³/mol. The minimum Gasteiger partial charge on any atom is -0.468 e. The SMILES string of the molecule is COC(=O)[C@@H]1CC(=O)CN1S(=O)(=O)c1ccccc1. The molecule has 0 aliphatic carbocycles. The van der Waals surface area contributed by atoms with Crippen LogP contribution in [0, 0.1) is 0 Å². The van der Waals surface area contributed by atoms with Gasteiger partial charge in [0.25, 0.3) is 0 Å². The fraction of sp³-hybridized carbons (Fsp3) is 0.333. The third kappa shape index (κ3) is 2.52. The van der Waals surface area contributed by atoms with Crippen LogP contribution in [0.15, 0.2) is 35.2 Å². The van der Waals surface area contributed by atoms with Crippen LogP contribution in [0.1, 0.15) is 6.42 Å². The molecule has 0 radical (unpaired) electrons. The molecule has 1 saturated heterocycles. The molecule has 1 aromatic rings. The Morgan fingerprint density at radius 2 is 1.95 bits per heavy atom. The fourth-order valence-electron chi connectivity index (χ4n) is 1.98. The Kier molecular flexibility index (Phi) is 3.68. The molecule has 0 saturated carbocycles. The van der Waals surface area contributed by atoms with E-state index in [4.69, 9.17) is 0 Å². The molecule has 1 atom stereocenters. The number of esters is 1. The lowest BCUT2D eigenvalue weighted by atomic mass is 10.2. The van der Waals surface area contributed by atoms with Crippen molar-refractivity contribution in [3.05, 3.63) is 30.3 Å². The summed E-state index contributed by atoms with van der Waals surface area (Å²) in [6.45, 7) is -0.295. The molecule has 1 aliphatic rings. The summed E-state index contributed by atoms with van der Waals surface area (Å²) < 4.78 is 30.2. The molecule has 0 spiro atoms. The number of hydrogen-bond donors (Lipinski definition) is 0. The number of ketones is 1. The third-order valence-corrected chi connectivity index (χ3v) is 4.79. The van der Waals surface area contributed by atoms with Gasteiger partial charge in [-0.05, 0) is 12.1 Å². The summed E-state index contributed by atoms with van der Waals surface area (Å²) >= 11 is 0. The van der Waals surface area contributed by atoms with Crippen molar-refractivity contribution in [3.63, 3.8) is 0 Å². The molecule has 0 amide bonds. The fourth-order valence-corrected chi connectivity index (χ4v) is 3.56. The van der Waals surface area contributed by atoms with E-state index < -0.39 is 22.0 Å². The molecular weight excluding hydrogens is 270 g/mol. The zero-order valence-electron chi connectivity index (χ0n) is 10.3. The Morgan fingerprint density at radius 1 is 1.32 bits per heavy atom. The van der Waals surface area contributed by atoms with Crippen LogP contribution in [0.4, 0.5) is 0 Å². The van der Waals surface area contributed by atoms with Gasteiger partial charge in [-0.2, -0.15) is 4.31 Å². The second kappa shape index (κ2) is 5.10. The summed E-state index contributed by atoms with van der Waals surface area (Å²) in [7, 11) is -2.70. The lowest BCUT2D eigenvalue weighted by molar-refractivity contribution is -0.144. The van der Waals surface area contributed by atoms with Crippen molar-refractivity contribution < 1.29 is 22.7 Å². The first-order chi connectivity index (χ1) is 8.96. The Hall–Kier alpha value is -1.73. The smallest absolute Gasteiger partial charge is 0.324 e. The highest BCUT2D eigenvalue weighted by molar-refractivity contribution is 7.89. The van der Waals surface area contributed by atoms with Crippen LogP contribution >= 0.6 is 0 Å². The van der Waals surface area contributed by atoms with Crippen molar-refractivity contribution in [2.24, 2.45) is 0 Å². The van der Waals surface area contributed by atoms with Gasteiger partial charge < -0.3 is 4.74 Å². The molecule has 0 bridgehead atoms. The van der Waals surface area contributed by atoms with E-state index in [1.807, 2.05) is 0 Å². The number of ether oxygens (including phenoxy) is 1. The molecule has 1 aliphatic heterocycles. The van der Waals surface area contributed by atoms with Crippen molar-refractivity contribution in [3.8, 4) is 0 Å². The number of benzene rings is 1. The topological polar surface area (TPSA) is 80.8 Å². The number of carbonyl (C=O) groups excluding carboxylic acids is 2. The van der Waals surface area contributed by atoms with Gasteiger partial charge in [0.05, 0.1) is 18.6 Å². The van der Waals surface area contributed by atoms with Crippen molar-refractivity contribution in [1.29, 1.82) is 0 Å². The number of Topliss-reactive ketones (excluding diaryl/α,β-unsaturated/α-hetero) is 1. The monoisotopic (exact) mass is 283 g/mol. The maximum Gasteiger partial charge on any atom is 0.324 e. The lowest BCUT2D eigenvalue weighted by Gasteiger charge is -2.21. The average Bonchev–Trinajstić information content (AvgIpc) is 2.81. The number of rotatable bonds is 3. The summed E-state index contributed by atoms with van der Waals surface area (Å²) in [4.78, 5) is 23.1. The number of methoxy groups -OCH3 is 1. The summed E-state index contributed by atoms with van der Waals surface area (Å²) in [6.07, 6.45) is -0.140. The van der Waals surface area contributed by atoms with Crippen molar-refractivity contribution in [2.75, 3.05) is 13.7 Å². The molecule has 0 N–H and O–H groups in total. The molecule has 0 unspecified atom stereocenters. The maximum atomic E-state index is 12.4. The van der Waals surface area contributed by atoms with Gasteiger partial charge in [-0.3, -0.25) is 9.59 Å². The zero-order valence-corrected chi connectivity index (χ0v) is 11.1. The zero-order chi connectivity index (χ0) is 14.0. The van der Waals surface area contributed by atoms with Gasteiger partial charge >= 0.3 is 5.97 Å². The maximum absolute atomic E-state index is 12.4. The quantitative estimate of drug-likeness (QED) is 0.740. The third-order valence-electron chi connectivity index (χ3n) is 2.92. The molecule has 1 heterocycles. The lowest BCUT2D eigenvalue weighted by Crippen LogP contribution is -2.41. The minimum atomic E-state index is -3.86. The normalized spacial score (nSPS) is 20.5. The first-order valence-electron chi connectivity index (χ1n) is 5.63. The van der Waals surface area contributed by atoms with Crippen LogP contribution < -0.4 is 0 Å². The van der Waals surface area contributed by atoms with Crippen molar-refractivity contribution >= 4 is 21.8 Å². The van der Waals surface area contributed by atoms with Crippen molar-refractivity contribution in [2.45, 2.75) is 17.4 Å². The molecule has 102 valence electrons. The van der Waals surface area contributed by atoms with E-state index in [1.165, 1.54) is 19.2 Å². The Labute approximate surface area is 111 Å². The van der Waals surface area contributed by atoms with Gasteiger partial charge in [-0.25, -0.2) is 8.42 Å². The summed E-state index contributed by atoms with van der Waals surface area (Å²) in [5, 5.41) is 0. The summed E-state index contributed by atoms with van der Waals surface area (Å²) in [6, 6.07) is 6.63. The Bertz CT molecular complexity index is 596. The first-order valence-corrected chi connectivity index (χ1v) is 7.07. The standard InChI is InChI=1S/C12H13NO5S/c1-18-12(15)11-7-9(14)8-13(11)19(16,17)10-5-3-2-4-6-10/h2-6,11H,7-8H2,1H3/t11-/m0/s1. The molecule has 6 nitrogen and oxygen atoms in total. The van der Waals surface area contributed by atoms with E-state index in [-0.39, 0.29) is 23.6 Å². The highest BCUT2D eigenvalue weighted by Crippen LogP contribution is 2.24. The predicted octanol–water partition coefficient (Wildman–Crippen LogP) is 0.192. The number of carbonyl (C=O) groups is 2. The number of nitrogens with zero attached hydrogens (tertiary/aromatic N) is 1. The second-order valence-corrected chi connectivity index (χ2v) is 6.04. The largest absolute Gasteiger partial charge is 0.468 e. The van der Waals surface area contributed by atoms with E-state index in [1.54, 1.807) is 18.2 Å². The van der Waals surface area contributed by atoms with Gasteiger partial charge in [0.1, 0.15) is 11.8 Å². The minimum absolute atomic E-state index is 0.0543. The highest BCUT2D eigenvalue weighted by atomic mass is 32.2. The molecule has 1 aromatic carbocycles. The summed E-state index contributed by atoms with van der Waals surface area (Å²) in [5.74, 6) is -1.01. The second-order valence-electron chi connectivity index (χ2n) is 4.15. The van der Waals surface area contributed by atoms with E-state index >= 15 is 0 Å². The molecule has 2 rings (SSSR count). The number of hydrogen-bond acceptors (Lipinski definition) is 5. The Balaban J connectivity index is 2.39. The summed E-state index contributed by atoms with van der Waals surface area (Å²) in [5.41, 5.74) is 0. The van der Waals surface area contributed by atoms with Crippen molar-refractivity contribution in [1.82, 2.24) is 4.31 Å². The van der Waals surface area contributed by atoms with Crippen LogP contribution in [-0.4, -0.2) is 44.2 Å². The van der Waals surface area contributed by atoms with Gasteiger partial charge in [0, 0.05) is 6.42 Å². The van der Waals surface area contributed by atoms with E-state index in [9.17, 15) is 18.0 Å². The Morgan fingerprint density at radius 3 is 2.53 bits per heavy atom. The molecule has 19 heavy (non-hydrogen) atoms. The van der Waals surface area contributed by atoms with E-state index in [2.05, 4.69) is 4.74 Å². The number of sulfonamides is 1. The van der Waals surface area contributed by atoms with E-state index in [0.717, 1.165) is 4.31 Å². The van der Waals surface area contributed by atoms with Gasteiger partial charge in [0.2, 0.25) is 10.0 Å². The molecular formula is C12H13NO5S. The highest BCUT2D eigenvalue weighted by Gasteiger charge is 2.43. The van der Waals surface area contributed by atoms with Crippen LogP contribution in [-0.2, 0) is 24.3 Å². The molecule has 7 heteroatoms. The van der Waals surface area contributed by atoms with Crippen LogP contribution in [0.25, 0.3) is 0 Å². The van der Waals surface area contributed by atoms with Gasteiger partial charge in [-0.15, -0.1) is 0 Å². The van der Waals surface area contributed by atoms with Crippen LogP contribution in [0.2, 0.25) is 0 Å².